The van der Waals surface area contributed by atoms with Crippen LogP contribution in [-0.2, 0) is 6.42 Å². The maximum atomic E-state index is 9.63. The van der Waals surface area contributed by atoms with Gasteiger partial charge in [-0.05, 0) is 36.2 Å². The fraction of sp³-hybridized carbons (Fsp3) is 0.182. The Hall–Kier alpha value is -2.84. The first-order chi connectivity index (χ1) is 13.1. The molecule has 3 aromatic rings. The number of anilines is 1. The minimum atomic E-state index is 0.213. The number of rotatable bonds is 5. The van der Waals surface area contributed by atoms with Crippen molar-refractivity contribution in [3.63, 3.8) is 0 Å². The van der Waals surface area contributed by atoms with Crippen molar-refractivity contribution in [2.24, 2.45) is 0 Å². The van der Waals surface area contributed by atoms with E-state index in [9.17, 15) is 5.26 Å². The van der Waals surface area contributed by atoms with E-state index in [4.69, 9.17) is 10.5 Å². The van der Waals surface area contributed by atoms with Gasteiger partial charge in [0.2, 0.25) is 0 Å². The first-order valence-electron chi connectivity index (χ1n) is 8.71. The molecule has 4 nitrogen and oxygen atoms in total. The Kier molecular flexibility index (Phi) is 5.78. The monoisotopic (exact) mass is 421 g/mol. The van der Waals surface area contributed by atoms with Gasteiger partial charge in [0.15, 0.2) is 0 Å². The van der Waals surface area contributed by atoms with Gasteiger partial charge < -0.3 is 10.5 Å². The number of ether oxygens (including phenoxy) is 1. The molecule has 0 saturated carbocycles. The summed E-state index contributed by atoms with van der Waals surface area (Å²) in [4.78, 5) is 4.46. The highest BCUT2D eigenvalue weighted by Gasteiger charge is 2.17. The molecule has 0 aliphatic heterocycles. The number of pyridine rings is 1. The molecule has 27 heavy (non-hydrogen) atoms. The van der Waals surface area contributed by atoms with E-state index in [1.54, 1.807) is 7.11 Å². The third-order valence-corrected chi connectivity index (χ3v) is 4.89. The Morgan fingerprint density at radius 1 is 1.11 bits per heavy atom. The zero-order valence-corrected chi connectivity index (χ0v) is 16.9. The number of hydrogen-bond donors (Lipinski definition) is 1. The number of nitrogens with two attached hydrogens (primary N) is 1. The summed E-state index contributed by atoms with van der Waals surface area (Å²) < 4.78 is 6.38. The van der Waals surface area contributed by atoms with Gasteiger partial charge in [0.05, 0.1) is 12.8 Å². The number of aryl methyl sites for hydroxylation is 1. The Balaban J connectivity index is 2.18. The lowest BCUT2D eigenvalue weighted by Crippen LogP contribution is -2.01. The standard InChI is InChI=1S/C22H20BrN3O/c1-3-4-14-5-7-15(8-6-14)20-12-17(19(13-24)22(25)26-20)18-11-16(23)9-10-21(18)27-2/h5-12H,3-4H2,1-2H3,(H2,25,26). The molecule has 0 fully saturated rings. The van der Waals surface area contributed by atoms with Crippen LogP contribution >= 0.6 is 15.9 Å². The van der Waals surface area contributed by atoms with E-state index in [0.717, 1.165) is 34.1 Å². The van der Waals surface area contributed by atoms with Gasteiger partial charge in [0.1, 0.15) is 23.2 Å². The lowest BCUT2D eigenvalue weighted by Gasteiger charge is -2.14. The van der Waals surface area contributed by atoms with Crippen molar-refractivity contribution in [2.75, 3.05) is 12.8 Å². The molecular formula is C22H20BrN3O. The molecule has 0 bridgehead atoms. The van der Waals surface area contributed by atoms with Crippen LogP contribution in [0, 0.1) is 11.3 Å². The van der Waals surface area contributed by atoms with Crippen molar-refractivity contribution in [3.8, 4) is 34.2 Å². The van der Waals surface area contributed by atoms with Crippen molar-refractivity contribution in [2.45, 2.75) is 19.8 Å². The van der Waals surface area contributed by atoms with Crippen LogP contribution in [0.15, 0.2) is 53.0 Å². The minimum absolute atomic E-state index is 0.213. The van der Waals surface area contributed by atoms with Crippen LogP contribution in [0.4, 0.5) is 5.82 Å². The van der Waals surface area contributed by atoms with Crippen molar-refractivity contribution in [1.82, 2.24) is 4.98 Å². The second kappa shape index (κ2) is 8.24. The summed E-state index contributed by atoms with van der Waals surface area (Å²) in [5.41, 5.74) is 10.9. The third-order valence-electron chi connectivity index (χ3n) is 4.40. The van der Waals surface area contributed by atoms with E-state index < -0.39 is 0 Å². The van der Waals surface area contributed by atoms with E-state index in [2.05, 4.69) is 46.0 Å². The highest BCUT2D eigenvalue weighted by atomic mass is 79.9. The van der Waals surface area contributed by atoms with Crippen LogP contribution < -0.4 is 10.5 Å². The lowest BCUT2D eigenvalue weighted by atomic mass is 9.97. The fourth-order valence-corrected chi connectivity index (χ4v) is 3.43. The third kappa shape index (κ3) is 3.96. The summed E-state index contributed by atoms with van der Waals surface area (Å²) in [6.45, 7) is 2.16. The predicted octanol–water partition coefficient (Wildman–Crippen LogP) is 5.59. The zero-order valence-electron chi connectivity index (χ0n) is 15.3. The van der Waals surface area contributed by atoms with Crippen molar-refractivity contribution >= 4 is 21.7 Å². The Morgan fingerprint density at radius 2 is 1.85 bits per heavy atom. The van der Waals surface area contributed by atoms with Crippen molar-refractivity contribution in [3.05, 3.63) is 64.1 Å². The molecule has 2 N–H and O–H groups in total. The van der Waals surface area contributed by atoms with Crippen molar-refractivity contribution < 1.29 is 4.74 Å². The minimum Gasteiger partial charge on any atom is -0.496 e. The second-order valence-electron chi connectivity index (χ2n) is 6.22. The summed E-state index contributed by atoms with van der Waals surface area (Å²) >= 11 is 3.49. The molecular weight excluding hydrogens is 402 g/mol. The average molecular weight is 422 g/mol. The number of halogens is 1. The van der Waals surface area contributed by atoms with E-state index in [1.807, 2.05) is 36.4 Å². The molecule has 5 heteroatoms. The lowest BCUT2D eigenvalue weighted by molar-refractivity contribution is 0.416. The van der Waals surface area contributed by atoms with Gasteiger partial charge in [0.25, 0.3) is 0 Å². The summed E-state index contributed by atoms with van der Waals surface area (Å²) in [7, 11) is 1.61. The molecule has 0 unspecified atom stereocenters. The van der Waals surface area contributed by atoms with E-state index >= 15 is 0 Å². The van der Waals surface area contributed by atoms with Gasteiger partial charge in [-0.2, -0.15) is 5.26 Å². The summed E-state index contributed by atoms with van der Waals surface area (Å²) in [6, 6.07) is 18.0. The van der Waals surface area contributed by atoms with E-state index in [0.29, 0.717) is 16.9 Å². The first kappa shape index (κ1) is 18.9. The molecule has 136 valence electrons. The smallest absolute Gasteiger partial charge is 0.142 e. The molecule has 1 aromatic heterocycles. The Morgan fingerprint density at radius 3 is 2.48 bits per heavy atom. The topological polar surface area (TPSA) is 71.9 Å². The number of benzene rings is 2. The van der Waals surface area contributed by atoms with E-state index in [-0.39, 0.29) is 5.82 Å². The molecule has 0 amide bonds. The Bertz CT molecular complexity index is 1010. The molecule has 1 heterocycles. The van der Waals surface area contributed by atoms with Crippen LogP contribution in [0.25, 0.3) is 22.4 Å². The fourth-order valence-electron chi connectivity index (χ4n) is 3.06. The van der Waals surface area contributed by atoms with Gasteiger partial charge in [-0.15, -0.1) is 0 Å². The van der Waals surface area contributed by atoms with Gasteiger partial charge in [-0.25, -0.2) is 4.98 Å². The predicted molar refractivity (Wildman–Crippen MR) is 112 cm³/mol. The summed E-state index contributed by atoms with van der Waals surface area (Å²) in [6.07, 6.45) is 2.15. The quantitative estimate of drug-likeness (QED) is 0.582. The number of methoxy groups -OCH3 is 1. The number of nitrogens with zero attached hydrogens (tertiary/aromatic N) is 2. The molecule has 0 aliphatic carbocycles. The van der Waals surface area contributed by atoms with Crippen LogP contribution in [0.3, 0.4) is 0 Å². The van der Waals surface area contributed by atoms with Crippen LogP contribution in [0.2, 0.25) is 0 Å². The van der Waals surface area contributed by atoms with Gasteiger partial charge in [-0.3, -0.25) is 0 Å². The molecule has 0 aliphatic rings. The maximum absolute atomic E-state index is 9.63. The van der Waals surface area contributed by atoms with Crippen LogP contribution in [0.1, 0.15) is 24.5 Å². The highest BCUT2D eigenvalue weighted by molar-refractivity contribution is 9.10. The van der Waals surface area contributed by atoms with Crippen LogP contribution in [-0.4, -0.2) is 12.1 Å². The van der Waals surface area contributed by atoms with Gasteiger partial charge in [0, 0.05) is 21.2 Å². The Labute approximate surface area is 167 Å². The number of nitriles is 1. The maximum Gasteiger partial charge on any atom is 0.142 e. The number of hydrogen-bond acceptors (Lipinski definition) is 4. The largest absolute Gasteiger partial charge is 0.496 e. The molecule has 2 aromatic carbocycles. The number of aromatic nitrogens is 1. The number of nitrogen functional groups attached to an aromatic ring is 1. The molecule has 3 rings (SSSR count). The summed E-state index contributed by atoms with van der Waals surface area (Å²) in [5.74, 6) is 0.884. The molecule has 0 saturated heterocycles. The SMILES string of the molecule is CCCc1ccc(-c2cc(-c3cc(Br)ccc3OC)c(C#N)c(N)n2)cc1. The van der Waals surface area contributed by atoms with E-state index in [1.165, 1.54) is 5.56 Å². The first-order valence-corrected chi connectivity index (χ1v) is 9.50. The molecule has 0 spiro atoms. The zero-order chi connectivity index (χ0) is 19.4. The average Bonchev–Trinajstić information content (AvgIpc) is 2.68. The van der Waals surface area contributed by atoms with Crippen LogP contribution in [0.5, 0.6) is 5.75 Å². The molecule has 0 radical (unpaired) electrons. The normalized spacial score (nSPS) is 10.4. The highest BCUT2D eigenvalue weighted by Crippen LogP contribution is 2.38. The van der Waals surface area contributed by atoms with Crippen molar-refractivity contribution in [1.29, 1.82) is 5.26 Å². The second-order valence-corrected chi connectivity index (χ2v) is 7.13. The molecule has 0 atom stereocenters. The van der Waals surface area contributed by atoms with Gasteiger partial charge >= 0.3 is 0 Å². The van der Waals surface area contributed by atoms with Gasteiger partial charge in [-0.1, -0.05) is 53.5 Å². The summed E-state index contributed by atoms with van der Waals surface area (Å²) in [5, 5.41) is 9.63.